The number of aromatic nitrogens is 3. The standard InChI is InChI=1S/C28H32FN5/c1-20(2)15-22-5-4-13-34(14-11-22)25-7-9-28(32-19-25)33-21(3)16-23-6-8-26(31-18-23)24-10-12-30-27(29)17-24/h6-10,12,17-19,22H,1,4-5,11,13-16H2,2-3H3. The quantitative estimate of drug-likeness (QED) is 0.228. The van der Waals surface area contributed by atoms with Gasteiger partial charge in [-0.3, -0.25) is 4.98 Å². The minimum absolute atomic E-state index is 0.507. The van der Waals surface area contributed by atoms with Crippen molar-refractivity contribution >= 4 is 17.2 Å². The van der Waals surface area contributed by atoms with Crippen LogP contribution >= 0.6 is 0 Å². The molecule has 1 saturated heterocycles. The summed E-state index contributed by atoms with van der Waals surface area (Å²) in [7, 11) is 0. The van der Waals surface area contributed by atoms with Crippen LogP contribution in [0.25, 0.3) is 11.3 Å². The predicted octanol–water partition coefficient (Wildman–Crippen LogP) is 6.59. The van der Waals surface area contributed by atoms with Gasteiger partial charge in [-0.15, -0.1) is 6.58 Å². The first kappa shape index (κ1) is 23.7. The van der Waals surface area contributed by atoms with Gasteiger partial charge in [0, 0.05) is 49.2 Å². The van der Waals surface area contributed by atoms with Gasteiger partial charge in [0.2, 0.25) is 5.95 Å². The number of allylic oxidation sites excluding steroid dienone is 1. The van der Waals surface area contributed by atoms with E-state index in [0.29, 0.717) is 17.8 Å². The van der Waals surface area contributed by atoms with Crippen molar-refractivity contribution in [2.75, 3.05) is 18.0 Å². The van der Waals surface area contributed by atoms with Crippen molar-refractivity contribution < 1.29 is 4.39 Å². The van der Waals surface area contributed by atoms with Crippen LogP contribution in [-0.4, -0.2) is 33.8 Å². The second-order valence-corrected chi connectivity index (χ2v) is 9.26. The Kier molecular flexibility index (Phi) is 7.78. The third-order valence-electron chi connectivity index (χ3n) is 6.19. The van der Waals surface area contributed by atoms with Crippen LogP contribution in [0.1, 0.15) is 45.1 Å². The van der Waals surface area contributed by atoms with Crippen LogP contribution in [-0.2, 0) is 6.42 Å². The zero-order valence-corrected chi connectivity index (χ0v) is 20.0. The van der Waals surface area contributed by atoms with Gasteiger partial charge in [-0.05, 0) is 75.3 Å². The Hall–Kier alpha value is -3.41. The summed E-state index contributed by atoms with van der Waals surface area (Å²) in [5, 5.41) is 0. The summed E-state index contributed by atoms with van der Waals surface area (Å²) in [5.74, 6) is 0.956. The molecule has 0 saturated carbocycles. The number of halogens is 1. The van der Waals surface area contributed by atoms with E-state index in [0.717, 1.165) is 42.4 Å². The summed E-state index contributed by atoms with van der Waals surface area (Å²) in [6.07, 6.45) is 10.7. The molecule has 0 amide bonds. The van der Waals surface area contributed by atoms with Crippen molar-refractivity contribution in [2.24, 2.45) is 10.9 Å². The Morgan fingerprint density at radius 1 is 1.06 bits per heavy atom. The zero-order valence-electron chi connectivity index (χ0n) is 20.0. The number of nitrogens with zero attached hydrogens (tertiary/aromatic N) is 5. The molecule has 34 heavy (non-hydrogen) atoms. The Morgan fingerprint density at radius 2 is 1.94 bits per heavy atom. The first-order valence-electron chi connectivity index (χ1n) is 11.9. The summed E-state index contributed by atoms with van der Waals surface area (Å²) in [4.78, 5) is 19.8. The fourth-order valence-corrected chi connectivity index (χ4v) is 4.54. The maximum Gasteiger partial charge on any atom is 0.213 e. The third kappa shape index (κ3) is 6.56. The average Bonchev–Trinajstić information content (AvgIpc) is 3.05. The van der Waals surface area contributed by atoms with Crippen LogP contribution in [0.5, 0.6) is 0 Å². The molecular weight excluding hydrogens is 425 g/mol. The largest absolute Gasteiger partial charge is 0.370 e. The molecule has 0 aliphatic carbocycles. The lowest BCUT2D eigenvalue weighted by Gasteiger charge is -2.22. The van der Waals surface area contributed by atoms with Crippen molar-refractivity contribution in [1.82, 2.24) is 15.0 Å². The molecule has 0 N–H and O–H groups in total. The number of pyridine rings is 3. The maximum atomic E-state index is 13.4. The molecule has 1 atom stereocenters. The van der Waals surface area contributed by atoms with E-state index in [1.807, 2.05) is 37.5 Å². The van der Waals surface area contributed by atoms with Gasteiger partial charge >= 0.3 is 0 Å². The molecule has 1 aliphatic heterocycles. The molecule has 0 aromatic carbocycles. The Labute approximate surface area is 201 Å². The van der Waals surface area contributed by atoms with Crippen LogP contribution in [0.2, 0.25) is 0 Å². The molecule has 176 valence electrons. The molecule has 1 unspecified atom stereocenters. The monoisotopic (exact) mass is 457 g/mol. The van der Waals surface area contributed by atoms with Gasteiger partial charge in [0.15, 0.2) is 5.82 Å². The molecule has 4 rings (SSSR count). The van der Waals surface area contributed by atoms with E-state index >= 15 is 0 Å². The molecule has 0 spiro atoms. The first-order valence-corrected chi connectivity index (χ1v) is 11.9. The molecule has 0 radical (unpaired) electrons. The minimum Gasteiger partial charge on any atom is -0.370 e. The van der Waals surface area contributed by atoms with Gasteiger partial charge in [0.1, 0.15) is 0 Å². The molecule has 3 aromatic heterocycles. The number of hydrogen-bond donors (Lipinski definition) is 0. The van der Waals surface area contributed by atoms with E-state index in [1.165, 1.54) is 42.8 Å². The summed E-state index contributed by atoms with van der Waals surface area (Å²) in [5.41, 5.74) is 5.89. The molecule has 4 heterocycles. The SMILES string of the molecule is C=C(C)CC1CCCN(c2ccc(N=C(C)Cc3ccc(-c4ccnc(F)c4)nc3)nc2)CC1. The zero-order chi connectivity index (χ0) is 23.9. The van der Waals surface area contributed by atoms with E-state index in [1.54, 1.807) is 6.07 Å². The molecule has 5 nitrogen and oxygen atoms in total. The molecule has 1 fully saturated rings. The normalized spacial score (nSPS) is 16.9. The van der Waals surface area contributed by atoms with E-state index < -0.39 is 5.95 Å². The van der Waals surface area contributed by atoms with E-state index in [2.05, 4.69) is 44.4 Å². The van der Waals surface area contributed by atoms with Gasteiger partial charge in [-0.1, -0.05) is 11.6 Å². The topological polar surface area (TPSA) is 54.3 Å². The summed E-state index contributed by atoms with van der Waals surface area (Å²) in [6.45, 7) is 10.3. The van der Waals surface area contributed by atoms with Crippen molar-refractivity contribution in [3.05, 3.63) is 78.7 Å². The average molecular weight is 458 g/mol. The Bertz CT molecular complexity index is 1140. The number of rotatable bonds is 7. The van der Waals surface area contributed by atoms with Crippen LogP contribution in [0.4, 0.5) is 15.9 Å². The third-order valence-corrected chi connectivity index (χ3v) is 6.19. The highest BCUT2D eigenvalue weighted by atomic mass is 19.1. The molecule has 6 heteroatoms. The fraction of sp³-hybridized carbons (Fsp3) is 0.357. The van der Waals surface area contributed by atoms with Crippen LogP contribution in [0.3, 0.4) is 0 Å². The van der Waals surface area contributed by atoms with Crippen molar-refractivity contribution in [1.29, 1.82) is 0 Å². The van der Waals surface area contributed by atoms with Gasteiger partial charge in [-0.25, -0.2) is 15.0 Å². The van der Waals surface area contributed by atoms with Crippen molar-refractivity contribution in [2.45, 2.75) is 46.0 Å². The van der Waals surface area contributed by atoms with Gasteiger partial charge in [0.05, 0.1) is 17.6 Å². The highest BCUT2D eigenvalue weighted by Gasteiger charge is 2.17. The smallest absolute Gasteiger partial charge is 0.213 e. The van der Waals surface area contributed by atoms with Crippen LogP contribution in [0.15, 0.2) is 72.1 Å². The predicted molar refractivity (Wildman–Crippen MR) is 137 cm³/mol. The van der Waals surface area contributed by atoms with E-state index in [9.17, 15) is 4.39 Å². The second-order valence-electron chi connectivity index (χ2n) is 9.26. The first-order chi connectivity index (χ1) is 16.5. The Morgan fingerprint density at radius 3 is 2.65 bits per heavy atom. The highest BCUT2D eigenvalue weighted by molar-refractivity contribution is 5.86. The van der Waals surface area contributed by atoms with E-state index in [-0.39, 0.29) is 0 Å². The summed E-state index contributed by atoms with van der Waals surface area (Å²) < 4.78 is 13.4. The van der Waals surface area contributed by atoms with Crippen LogP contribution < -0.4 is 4.90 Å². The lowest BCUT2D eigenvalue weighted by atomic mass is 9.94. The summed E-state index contributed by atoms with van der Waals surface area (Å²) in [6, 6.07) is 11.1. The number of aliphatic imine (C=N–C) groups is 1. The van der Waals surface area contributed by atoms with Crippen molar-refractivity contribution in [3.63, 3.8) is 0 Å². The second kappa shape index (κ2) is 11.1. The summed E-state index contributed by atoms with van der Waals surface area (Å²) >= 11 is 0. The van der Waals surface area contributed by atoms with Gasteiger partial charge in [-0.2, -0.15) is 4.39 Å². The minimum atomic E-state index is -0.507. The molecule has 0 bridgehead atoms. The lowest BCUT2D eigenvalue weighted by molar-refractivity contribution is 0.470. The fourth-order valence-electron chi connectivity index (χ4n) is 4.54. The maximum absolute atomic E-state index is 13.4. The number of anilines is 1. The molecule has 3 aromatic rings. The Balaban J connectivity index is 1.35. The lowest BCUT2D eigenvalue weighted by Crippen LogP contribution is -2.24. The van der Waals surface area contributed by atoms with Gasteiger partial charge in [0.25, 0.3) is 0 Å². The van der Waals surface area contributed by atoms with Crippen LogP contribution in [0, 0.1) is 11.9 Å². The van der Waals surface area contributed by atoms with Gasteiger partial charge < -0.3 is 4.90 Å². The molecular formula is C28H32FN5. The highest BCUT2D eigenvalue weighted by Crippen LogP contribution is 2.27. The number of hydrogen-bond acceptors (Lipinski definition) is 5. The van der Waals surface area contributed by atoms with Crippen molar-refractivity contribution in [3.8, 4) is 11.3 Å². The van der Waals surface area contributed by atoms with E-state index in [4.69, 9.17) is 0 Å². The molecule has 1 aliphatic rings.